The first-order chi connectivity index (χ1) is 12.6. The second-order valence-electron chi connectivity index (χ2n) is 6.00. The van der Waals surface area contributed by atoms with Crippen molar-refractivity contribution in [2.75, 3.05) is 25.1 Å². The van der Waals surface area contributed by atoms with Crippen LogP contribution in [0.2, 0.25) is 0 Å². The molecular formula is C20H26N4OS. The fraction of sp³-hybridized carbons (Fsp3) is 0.300. The van der Waals surface area contributed by atoms with Crippen LogP contribution in [0.25, 0.3) is 0 Å². The van der Waals surface area contributed by atoms with E-state index in [1.807, 2.05) is 50.2 Å². The van der Waals surface area contributed by atoms with Gasteiger partial charge < -0.3 is 20.7 Å². The van der Waals surface area contributed by atoms with Crippen LogP contribution in [0.15, 0.2) is 48.5 Å². The Balaban J connectivity index is 1.60. The number of rotatable bonds is 7. The largest absolute Gasteiger partial charge is 0.379 e. The second-order valence-corrected chi connectivity index (χ2v) is 6.40. The van der Waals surface area contributed by atoms with Gasteiger partial charge in [-0.05, 0) is 49.2 Å². The van der Waals surface area contributed by atoms with Crippen LogP contribution in [0.5, 0.6) is 0 Å². The summed E-state index contributed by atoms with van der Waals surface area (Å²) < 4.78 is 5.60. The Morgan fingerprint density at radius 1 is 1.00 bits per heavy atom. The van der Waals surface area contributed by atoms with Crippen LogP contribution >= 0.6 is 12.2 Å². The third kappa shape index (κ3) is 6.82. The van der Waals surface area contributed by atoms with Crippen LogP contribution < -0.4 is 16.0 Å². The van der Waals surface area contributed by atoms with Crippen LogP contribution in [-0.4, -0.2) is 30.8 Å². The minimum absolute atomic E-state index is 0.143. The van der Waals surface area contributed by atoms with Gasteiger partial charge in [0.1, 0.15) is 0 Å². The lowest BCUT2D eigenvalue weighted by Gasteiger charge is -2.15. The van der Waals surface area contributed by atoms with Crippen molar-refractivity contribution in [2.24, 2.45) is 0 Å². The molecule has 0 atom stereocenters. The van der Waals surface area contributed by atoms with Gasteiger partial charge in [-0.15, -0.1) is 0 Å². The van der Waals surface area contributed by atoms with E-state index in [9.17, 15) is 0 Å². The molecule has 26 heavy (non-hydrogen) atoms. The molecule has 0 heterocycles. The summed E-state index contributed by atoms with van der Waals surface area (Å²) in [6, 6.07) is 16.3. The van der Waals surface area contributed by atoms with Gasteiger partial charge in [-0.1, -0.05) is 48.5 Å². The van der Waals surface area contributed by atoms with Crippen molar-refractivity contribution < 1.29 is 4.74 Å². The first-order valence-corrected chi connectivity index (χ1v) is 9.05. The molecular weight excluding hydrogens is 344 g/mol. The molecule has 0 saturated heterocycles. The van der Waals surface area contributed by atoms with E-state index in [1.165, 1.54) is 5.56 Å². The van der Waals surface area contributed by atoms with Gasteiger partial charge in [0.15, 0.2) is 11.1 Å². The first-order valence-electron chi connectivity index (χ1n) is 8.64. The van der Waals surface area contributed by atoms with Gasteiger partial charge in [0, 0.05) is 12.2 Å². The number of nitrogens with one attached hydrogen (secondary N) is 4. The summed E-state index contributed by atoms with van der Waals surface area (Å²) in [5.41, 5.74) is 4.37. The smallest absolute Gasteiger partial charge is 0.199 e. The predicted molar refractivity (Wildman–Crippen MR) is 112 cm³/mol. The van der Waals surface area contributed by atoms with E-state index in [-0.39, 0.29) is 5.96 Å². The minimum Gasteiger partial charge on any atom is -0.379 e. The highest BCUT2D eigenvalue weighted by Crippen LogP contribution is 2.18. The van der Waals surface area contributed by atoms with E-state index in [0.717, 1.165) is 23.2 Å². The minimum atomic E-state index is 0.143. The van der Waals surface area contributed by atoms with Gasteiger partial charge in [-0.2, -0.15) is 0 Å². The number of ether oxygens (including phenoxy) is 1. The third-order valence-corrected chi connectivity index (χ3v) is 4.13. The fourth-order valence-corrected chi connectivity index (χ4v) is 2.70. The highest BCUT2D eigenvalue weighted by Gasteiger charge is 2.05. The molecule has 0 unspecified atom stereocenters. The number of aryl methyl sites for hydroxylation is 2. The third-order valence-electron chi connectivity index (χ3n) is 3.88. The molecule has 0 spiro atoms. The van der Waals surface area contributed by atoms with Crippen molar-refractivity contribution in [1.82, 2.24) is 10.6 Å². The lowest BCUT2D eigenvalue weighted by Crippen LogP contribution is -2.43. The number of anilines is 1. The molecule has 0 aliphatic rings. The van der Waals surface area contributed by atoms with E-state index in [1.54, 1.807) is 0 Å². The summed E-state index contributed by atoms with van der Waals surface area (Å²) in [6.07, 6.45) is 0.897. The Morgan fingerprint density at radius 3 is 2.38 bits per heavy atom. The standard InChI is InChI=1S/C20H26N4OS/c1-15-7-6-8-16(2)18(15)23-19(21)24-20(26)22-12-14-25-13-11-17-9-4-3-5-10-17/h3-10H,11-14H2,1-2H3,(H4,21,22,23,24,26). The van der Waals surface area contributed by atoms with E-state index in [2.05, 4.69) is 28.1 Å². The Kier molecular flexibility index (Phi) is 8.05. The second kappa shape index (κ2) is 10.5. The Morgan fingerprint density at radius 2 is 1.69 bits per heavy atom. The van der Waals surface area contributed by atoms with Crippen molar-refractivity contribution >= 4 is 29.0 Å². The van der Waals surface area contributed by atoms with Crippen molar-refractivity contribution in [2.45, 2.75) is 20.3 Å². The summed E-state index contributed by atoms with van der Waals surface area (Å²) in [5.74, 6) is 0.143. The van der Waals surface area contributed by atoms with Gasteiger partial charge in [-0.25, -0.2) is 0 Å². The normalized spacial score (nSPS) is 10.2. The average molecular weight is 371 g/mol. The molecule has 2 aromatic rings. The number of para-hydroxylation sites is 1. The van der Waals surface area contributed by atoms with Crippen LogP contribution in [0.3, 0.4) is 0 Å². The molecule has 2 aromatic carbocycles. The number of hydrogen-bond donors (Lipinski definition) is 4. The topological polar surface area (TPSA) is 69.2 Å². The molecule has 4 N–H and O–H groups in total. The maximum absolute atomic E-state index is 8.01. The number of thiocarbonyl (C=S) groups is 1. The lowest BCUT2D eigenvalue weighted by atomic mass is 10.1. The maximum Gasteiger partial charge on any atom is 0.199 e. The predicted octanol–water partition coefficient (Wildman–Crippen LogP) is 3.37. The van der Waals surface area contributed by atoms with Gasteiger partial charge in [-0.3, -0.25) is 5.41 Å². The zero-order valence-corrected chi connectivity index (χ0v) is 16.1. The van der Waals surface area contributed by atoms with Gasteiger partial charge >= 0.3 is 0 Å². The fourth-order valence-electron chi connectivity index (χ4n) is 2.50. The van der Waals surface area contributed by atoms with E-state index in [4.69, 9.17) is 22.4 Å². The summed E-state index contributed by atoms with van der Waals surface area (Å²) >= 11 is 5.21. The summed E-state index contributed by atoms with van der Waals surface area (Å²) in [6.45, 7) is 5.84. The highest BCUT2D eigenvalue weighted by atomic mass is 32.1. The maximum atomic E-state index is 8.01. The molecule has 0 aromatic heterocycles. The molecule has 0 radical (unpaired) electrons. The van der Waals surface area contributed by atoms with Crippen LogP contribution in [0.4, 0.5) is 5.69 Å². The molecule has 6 heteroatoms. The molecule has 138 valence electrons. The lowest BCUT2D eigenvalue weighted by molar-refractivity contribution is 0.142. The number of benzene rings is 2. The van der Waals surface area contributed by atoms with Gasteiger partial charge in [0.25, 0.3) is 0 Å². The number of hydrogen-bond acceptors (Lipinski definition) is 3. The van der Waals surface area contributed by atoms with E-state index in [0.29, 0.717) is 24.9 Å². The quantitative estimate of drug-likeness (QED) is 0.260. The van der Waals surface area contributed by atoms with Crippen molar-refractivity contribution in [3.05, 3.63) is 65.2 Å². The highest BCUT2D eigenvalue weighted by molar-refractivity contribution is 7.80. The van der Waals surface area contributed by atoms with Gasteiger partial charge in [0.05, 0.1) is 13.2 Å². The Bertz CT molecular complexity index is 714. The molecule has 0 amide bonds. The van der Waals surface area contributed by atoms with Crippen molar-refractivity contribution in [3.8, 4) is 0 Å². The van der Waals surface area contributed by atoms with Gasteiger partial charge in [0.2, 0.25) is 0 Å². The molecule has 2 rings (SSSR count). The van der Waals surface area contributed by atoms with Crippen LogP contribution in [0.1, 0.15) is 16.7 Å². The molecule has 0 fully saturated rings. The Labute approximate surface area is 160 Å². The summed E-state index contributed by atoms with van der Waals surface area (Å²) in [4.78, 5) is 0. The van der Waals surface area contributed by atoms with E-state index < -0.39 is 0 Å². The monoisotopic (exact) mass is 370 g/mol. The molecule has 0 aliphatic heterocycles. The molecule has 0 saturated carbocycles. The Hall–Kier alpha value is -2.44. The van der Waals surface area contributed by atoms with Crippen molar-refractivity contribution in [1.29, 1.82) is 5.41 Å². The molecule has 0 bridgehead atoms. The first kappa shape index (κ1) is 19.9. The zero-order valence-electron chi connectivity index (χ0n) is 15.3. The van der Waals surface area contributed by atoms with E-state index >= 15 is 0 Å². The summed E-state index contributed by atoms with van der Waals surface area (Å²) in [7, 11) is 0. The summed E-state index contributed by atoms with van der Waals surface area (Å²) in [5, 5.41) is 17.3. The average Bonchev–Trinajstić information content (AvgIpc) is 2.62. The number of guanidine groups is 1. The van der Waals surface area contributed by atoms with Crippen molar-refractivity contribution in [3.63, 3.8) is 0 Å². The SMILES string of the molecule is Cc1cccc(C)c1NC(=N)NC(=S)NCCOCCc1ccccc1. The molecule has 5 nitrogen and oxygen atoms in total. The molecule has 0 aliphatic carbocycles. The van der Waals surface area contributed by atoms with Crippen LogP contribution in [-0.2, 0) is 11.2 Å². The van der Waals surface area contributed by atoms with Crippen LogP contribution in [0, 0.1) is 19.3 Å². The zero-order chi connectivity index (χ0) is 18.8.